The molecule has 162 valence electrons. The standard InChI is InChI=1S/C21H30N6O3/c1-28-13-17-11-27(25-24-17)19-5-15-9-26(21-22-7-18(29-2)8-23-21)10-16(15)6-20(19)30-12-14-3-4-14/h7-8,11,14-16,19-20H,3-6,9-10,12-13H2,1-2H3/t15-,16+,19-,20-/m1/s1. The third kappa shape index (κ3) is 4.13. The van der Waals surface area contributed by atoms with Gasteiger partial charge in [-0.2, -0.15) is 0 Å². The summed E-state index contributed by atoms with van der Waals surface area (Å²) in [6.45, 7) is 3.28. The zero-order chi connectivity index (χ0) is 20.5. The van der Waals surface area contributed by atoms with Crippen molar-refractivity contribution in [1.82, 2.24) is 25.0 Å². The van der Waals surface area contributed by atoms with E-state index < -0.39 is 0 Å². The molecule has 2 aliphatic carbocycles. The molecule has 1 aliphatic heterocycles. The van der Waals surface area contributed by atoms with Crippen molar-refractivity contribution < 1.29 is 14.2 Å². The van der Waals surface area contributed by atoms with Crippen LogP contribution >= 0.6 is 0 Å². The van der Waals surface area contributed by atoms with Crippen LogP contribution in [0, 0.1) is 17.8 Å². The van der Waals surface area contributed by atoms with Gasteiger partial charge in [-0.3, -0.25) is 0 Å². The van der Waals surface area contributed by atoms with E-state index in [1.807, 2.05) is 10.9 Å². The van der Waals surface area contributed by atoms with E-state index in [4.69, 9.17) is 14.2 Å². The van der Waals surface area contributed by atoms with E-state index in [1.54, 1.807) is 26.6 Å². The smallest absolute Gasteiger partial charge is 0.225 e. The van der Waals surface area contributed by atoms with Crippen LogP contribution in [0.5, 0.6) is 5.75 Å². The Morgan fingerprint density at radius 3 is 2.53 bits per heavy atom. The van der Waals surface area contributed by atoms with Crippen molar-refractivity contribution >= 4 is 5.95 Å². The lowest BCUT2D eigenvalue weighted by Crippen LogP contribution is -2.38. The molecule has 2 aromatic heterocycles. The van der Waals surface area contributed by atoms with Gasteiger partial charge in [-0.25, -0.2) is 14.6 Å². The Morgan fingerprint density at radius 1 is 1.07 bits per heavy atom. The van der Waals surface area contributed by atoms with Crippen LogP contribution in [-0.4, -0.2) is 65.0 Å². The average Bonchev–Trinajstić information content (AvgIpc) is 3.33. The first-order valence-corrected chi connectivity index (χ1v) is 10.9. The summed E-state index contributed by atoms with van der Waals surface area (Å²) in [6.07, 6.45) is 10.3. The first kappa shape index (κ1) is 19.7. The lowest BCUT2D eigenvalue weighted by molar-refractivity contribution is -0.0375. The molecular formula is C21H30N6O3. The van der Waals surface area contributed by atoms with Gasteiger partial charge in [0, 0.05) is 26.8 Å². The van der Waals surface area contributed by atoms with Crippen molar-refractivity contribution in [2.24, 2.45) is 17.8 Å². The van der Waals surface area contributed by atoms with Crippen LogP contribution in [0.3, 0.4) is 0 Å². The van der Waals surface area contributed by atoms with Crippen LogP contribution in [0.25, 0.3) is 0 Å². The quantitative estimate of drug-likeness (QED) is 0.649. The second kappa shape index (κ2) is 8.47. The zero-order valence-corrected chi connectivity index (χ0v) is 17.7. The molecule has 0 unspecified atom stereocenters. The van der Waals surface area contributed by atoms with Crippen LogP contribution in [0.15, 0.2) is 18.6 Å². The van der Waals surface area contributed by atoms with Gasteiger partial charge in [0.1, 0.15) is 5.69 Å². The highest BCUT2D eigenvalue weighted by molar-refractivity contribution is 5.34. The van der Waals surface area contributed by atoms with Crippen LogP contribution in [-0.2, 0) is 16.1 Å². The zero-order valence-electron chi connectivity index (χ0n) is 17.7. The molecule has 0 aromatic carbocycles. The Balaban J connectivity index is 1.31. The van der Waals surface area contributed by atoms with E-state index in [0.717, 1.165) is 50.1 Å². The fourth-order valence-electron chi connectivity index (χ4n) is 4.82. The van der Waals surface area contributed by atoms with E-state index in [1.165, 1.54) is 12.8 Å². The number of aromatic nitrogens is 5. The van der Waals surface area contributed by atoms with E-state index >= 15 is 0 Å². The molecule has 4 atom stereocenters. The second-order valence-electron chi connectivity index (χ2n) is 8.82. The van der Waals surface area contributed by atoms with Crippen molar-refractivity contribution in [3.63, 3.8) is 0 Å². The number of rotatable bonds is 8. The first-order chi connectivity index (χ1) is 14.7. The van der Waals surface area contributed by atoms with Crippen LogP contribution in [0.1, 0.15) is 37.4 Å². The third-order valence-corrected chi connectivity index (χ3v) is 6.65. The van der Waals surface area contributed by atoms with Gasteiger partial charge in [0.25, 0.3) is 0 Å². The number of hydrogen-bond donors (Lipinski definition) is 0. The molecule has 0 radical (unpaired) electrons. The molecule has 3 aliphatic rings. The van der Waals surface area contributed by atoms with Gasteiger partial charge in [-0.15, -0.1) is 5.10 Å². The van der Waals surface area contributed by atoms with Crippen molar-refractivity contribution in [2.75, 3.05) is 38.8 Å². The summed E-state index contributed by atoms with van der Waals surface area (Å²) >= 11 is 0. The van der Waals surface area contributed by atoms with Crippen molar-refractivity contribution in [2.45, 2.75) is 44.4 Å². The molecule has 5 rings (SSSR count). The lowest BCUT2D eigenvalue weighted by Gasteiger charge is -2.37. The molecular weight excluding hydrogens is 384 g/mol. The Bertz CT molecular complexity index is 840. The monoisotopic (exact) mass is 414 g/mol. The van der Waals surface area contributed by atoms with Crippen molar-refractivity contribution in [3.8, 4) is 5.75 Å². The molecule has 2 aromatic rings. The first-order valence-electron chi connectivity index (χ1n) is 10.9. The van der Waals surface area contributed by atoms with Gasteiger partial charge in [-0.1, -0.05) is 5.21 Å². The minimum absolute atomic E-state index is 0.167. The molecule has 2 saturated carbocycles. The van der Waals surface area contributed by atoms with Gasteiger partial charge >= 0.3 is 0 Å². The summed E-state index contributed by atoms with van der Waals surface area (Å²) in [4.78, 5) is 11.3. The SMILES string of the molecule is COCc1cn([C@@H]2C[C@@H]3CN(c4ncc(OC)cn4)C[C@@H]3C[C@H]2OCC2CC2)nn1. The number of methoxy groups -OCH3 is 2. The normalized spacial score (nSPS) is 28.5. The Kier molecular flexibility index (Phi) is 5.56. The van der Waals surface area contributed by atoms with Gasteiger partial charge < -0.3 is 19.1 Å². The Hall–Kier alpha value is -2.26. The van der Waals surface area contributed by atoms with Crippen LogP contribution in [0.2, 0.25) is 0 Å². The maximum Gasteiger partial charge on any atom is 0.225 e. The molecule has 0 spiro atoms. The molecule has 9 nitrogen and oxygen atoms in total. The van der Waals surface area contributed by atoms with Crippen molar-refractivity contribution in [3.05, 3.63) is 24.3 Å². The van der Waals surface area contributed by atoms with Gasteiger partial charge in [0.2, 0.25) is 5.95 Å². The number of nitrogens with zero attached hydrogens (tertiary/aromatic N) is 6. The Morgan fingerprint density at radius 2 is 1.83 bits per heavy atom. The molecule has 9 heteroatoms. The van der Waals surface area contributed by atoms with E-state index in [0.29, 0.717) is 24.2 Å². The maximum atomic E-state index is 6.44. The van der Waals surface area contributed by atoms with Crippen LogP contribution < -0.4 is 9.64 Å². The summed E-state index contributed by atoms with van der Waals surface area (Å²) in [7, 11) is 3.31. The van der Waals surface area contributed by atoms with E-state index in [2.05, 4.69) is 25.2 Å². The minimum Gasteiger partial charge on any atom is -0.494 e. The maximum absolute atomic E-state index is 6.44. The highest BCUT2D eigenvalue weighted by Crippen LogP contribution is 2.43. The summed E-state index contributed by atoms with van der Waals surface area (Å²) < 4.78 is 18.8. The molecule has 0 N–H and O–H groups in total. The molecule has 0 bridgehead atoms. The van der Waals surface area contributed by atoms with Crippen molar-refractivity contribution in [1.29, 1.82) is 0 Å². The molecule has 1 saturated heterocycles. The highest BCUT2D eigenvalue weighted by atomic mass is 16.5. The fourth-order valence-corrected chi connectivity index (χ4v) is 4.82. The fraction of sp³-hybridized carbons (Fsp3) is 0.714. The topological polar surface area (TPSA) is 87.4 Å². The van der Waals surface area contributed by atoms with E-state index in [9.17, 15) is 0 Å². The predicted octanol–water partition coefficient (Wildman–Crippen LogP) is 2.11. The third-order valence-electron chi connectivity index (χ3n) is 6.65. The number of hydrogen-bond acceptors (Lipinski definition) is 8. The number of fused-ring (bicyclic) bond motifs is 1. The predicted molar refractivity (Wildman–Crippen MR) is 109 cm³/mol. The highest BCUT2D eigenvalue weighted by Gasteiger charge is 2.44. The van der Waals surface area contributed by atoms with E-state index in [-0.39, 0.29) is 12.1 Å². The summed E-state index contributed by atoms with van der Waals surface area (Å²) in [5.41, 5.74) is 0.861. The summed E-state index contributed by atoms with van der Waals surface area (Å²) in [6, 6.07) is 0.208. The average molecular weight is 415 g/mol. The minimum atomic E-state index is 0.167. The molecule has 3 heterocycles. The number of anilines is 1. The molecule has 30 heavy (non-hydrogen) atoms. The van der Waals surface area contributed by atoms with Crippen LogP contribution in [0.4, 0.5) is 5.95 Å². The molecule has 0 amide bonds. The lowest BCUT2D eigenvalue weighted by atomic mass is 9.77. The summed E-state index contributed by atoms with van der Waals surface area (Å²) in [5, 5.41) is 8.69. The largest absolute Gasteiger partial charge is 0.494 e. The Labute approximate surface area is 176 Å². The van der Waals surface area contributed by atoms with Gasteiger partial charge in [-0.05, 0) is 43.4 Å². The summed E-state index contributed by atoms with van der Waals surface area (Å²) in [5.74, 6) is 3.35. The second-order valence-corrected chi connectivity index (χ2v) is 8.82. The van der Waals surface area contributed by atoms with Gasteiger partial charge in [0.15, 0.2) is 5.75 Å². The van der Waals surface area contributed by atoms with Gasteiger partial charge in [0.05, 0.1) is 44.5 Å². The molecule has 3 fully saturated rings. The number of ether oxygens (including phenoxy) is 3.